The van der Waals surface area contributed by atoms with Crippen LogP contribution in [0.25, 0.3) is 110 Å². The molecule has 0 atom stereocenters. The molecule has 2 heteroatoms. The van der Waals surface area contributed by atoms with Crippen molar-refractivity contribution >= 4 is 75.9 Å². The Labute approximate surface area is 323 Å². The molecule has 260 valence electrons. The van der Waals surface area contributed by atoms with Gasteiger partial charge >= 0.3 is 0 Å². The molecule has 0 N–H and O–H groups in total. The molecular weight excluding hydrogens is 677 g/mol. The highest BCUT2D eigenvalue weighted by Gasteiger charge is 2.22. The van der Waals surface area contributed by atoms with Gasteiger partial charge in [0.1, 0.15) is 0 Å². The van der Waals surface area contributed by atoms with Crippen LogP contribution >= 0.6 is 0 Å². The molecule has 2 aromatic heterocycles. The zero-order chi connectivity index (χ0) is 36.7. The number of rotatable bonds is 4. The van der Waals surface area contributed by atoms with E-state index in [1.807, 2.05) is 0 Å². The quantitative estimate of drug-likeness (QED) is 0.161. The lowest BCUT2D eigenvalue weighted by molar-refractivity contribution is 1.15. The molecule has 0 saturated heterocycles. The van der Waals surface area contributed by atoms with E-state index in [2.05, 4.69) is 215 Å². The fraction of sp³-hybridized carbons (Fsp3) is 0. The van der Waals surface area contributed by atoms with Crippen LogP contribution in [0.2, 0.25) is 0 Å². The number of nitrogens with zero attached hydrogens (tertiary/aromatic N) is 2. The summed E-state index contributed by atoms with van der Waals surface area (Å²) < 4.78 is 4.99. The van der Waals surface area contributed by atoms with Crippen molar-refractivity contribution in [1.29, 1.82) is 0 Å². The van der Waals surface area contributed by atoms with Gasteiger partial charge in [-0.15, -0.1) is 0 Å². The van der Waals surface area contributed by atoms with Crippen molar-refractivity contribution in [2.75, 3.05) is 0 Å². The van der Waals surface area contributed by atoms with E-state index in [9.17, 15) is 0 Å². The lowest BCUT2D eigenvalue weighted by Crippen LogP contribution is -2.00. The van der Waals surface area contributed by atoms with Gasteiger partial charge in [-0.25, -0.2) is 0 Å². The largest absolute Gasteiger partial charge is 0.307 e. The minimum atomic E-state index is 1.14. The first-order valence-electron chi connectivity index (χ1n) is 19.4. The molecule has 0 aliphatic heterocycles. The summed E-state index contributed by atoms with van der Waals surface area (Å²) in [5.41, 5.74) is 11.9. The molecule has 0 unspecified atom stereocenters. The SMILES string of the molecule is c1ccc(-c2ccccc2-n2c3ccccc3c3ccc4c5ccccc5n(-c5ccc(-c6ccc7c8ccccc8c8ccccc8c7c6)cc5)c4c32)cc1. The number of para-hydroxylation sites is 3. The monoisotopic (exact) mass is 710 g/mol. The van der Waals surface area contributed by atoms with Crippen LogP contribution < -0.4 is 0 Å². The third-order valence-electron chi connectivity index (χ3n) is 11.9. The first kappa shape index (κ1) is 31.0. The number of aromatic nitrogens is 2. The first-order chi connectivity index (χ1) is 27.8. The van der Waals surface area contributed by atoms with Gasteiger partial charge in [0, 0.05) is 32.8 Å². The Morgan fingerprint density at radius 2 is 0.696 bits per heavy atom. The first-order valence-corrected chi connectivity index (χ1v) is 19.4. The summed E-state index contributed by atoms with van der Waals surface area (Å²) >= 11 is 0. The van der Waals surface area contributed by atoms with Gasteiger partial charge in [-0.3, -0.25) is 0 Å². The summed E-state index contributed by atoms with van der Waals surface area (Å²) in [5, 5.41) is 12.7. The van der Waals surface area contributed by atoms with Crippen molar-refractivity contribution in [2.45, 2.75) is 0 Å². The van der Waals surface area contributed by atoms with Crippen LogP contribution in [0.15, 0.2) is 206 Å². The third kappa shape index (κ3) is 4.44. The average Bonchev–Trinajstić information content (AvgIpc) is 3.80. The maximum Gasteiger partial charge on any atom is 0.0789 e. The van der Waals surface area contributed by atoms with Crippen molar-refractivity contribution in [3.63, 3.8) is 0 Å². The molecule has 0 amide bonds. The van der Waals surface area contributed by atoms with Gasteiger partial charge in [0.25, 0.3) is 0 Å². The topological polar surface area (TPSA) is 9.86 Å². The molecule has 12 aromatic rings. The summed E-state index contributed by atoms with van der Waals surface area (Å²) in [6, 6.07) is 75.7. The zero-order valence-corrected chi connectivity index (χ0v) is 30.5. The second-order valence-corrected chi connectivity index (χ2v) is 14.8. The molecule has 0 fully saturated rings. The Hall–Kier alpha value is -7.42. The molecule has 12 rings (SSSR count). The summed E-state index contributed by atoms with van der Waals surface area (Å²) in [7, 11) is 0. The fourth-order valence-corrected chi connectivity index (χ4v) is 9.44. The molecule has 0 saturated carbocycles. The van der Waals surface area contributed by atoms with Crippen molar-refractivity contribution in [2.24, 2.45) is 0 Å². The van der Waals surface area contributed by atoms with Crippen molar-refractivity contribution in [3.05, 3.63) is 206 Å². The summed E-state index contributed by atoms with van der Waals surface area (Å²) in [6.45, 7) is 0. The van der Waals surface area contributed by atoms with E-state index in [0.29, 0.717) is 0 Å². The normalized spacial score (nSPS) is 11.9. The molecule has 56 heavy (non-hydrogen) atoms. The maximum atomic E-state index is 2.50. The standard InChI is InChI=1S/C54H34N2/c1-2-14-36(15-3-1)39-16-8-11-23-50(39)56-52-25-13-10-22-46(52)48-33-32-47-45-21-9-12-24-51(45)55(53(47)54(48)56)38-29-26-35(27-30-38)37-28-31-44-42-19-5-4-17-40(42)41-18-6-7-20-43(41)49(44)34-37/h1-34H. The fourth-order valence-electron chi connectivity index (χ4n) is 9.44. The van der Waals surface area contributed by atoms with E-state index in [0.717, 1.165) is 5.69 Å². The molecule has 2 heterocycles. The predicted molar refractivity (Wildman–Crippen MR) is 239 cm³/mol. The minimum absolute atomic E-state index is 1.14. The predicted octanol–water partition coefficient (Wildman–Crippen LogP) is 14.7. The van der Waals surface area contributed by atoms with Crippen LogP contribution in [0.4, 0.5) is 0 Å². The van der Waals surface area contributed by atoms with Crippen LogP contribution in [-0.2, 0) is 0 Å². The Balaban J connectivity index is 1.11. The minimum Gasteiger partial charge on any atom is -0.307 e. The van der Waals surface area contributed by atoms with E-state index in [1.165, 1.54) is 104 Å². The van der Waals surface area contributed by atoms with Gasteiger partial charge < -0.3 is 9.13 Å². The van der Waals surface area contributed by atoms with E-state index in [1.54, 1.807) is 0 Å². The summed E-state index contributed by atoms with van der Waals surface area (Å²) in [4.78, 5) is 0. The molecule has 0 aliphatic rings. The highest BCUT2D eigenvalue weighted by Crippen LogP contribution is 2.44. The van der Waals surface area contributed by atoms with Gasteiger partial charge in [-0.1, -0.05) is 170 Å². The Morgan fingerprint density at radius 1 is 0.250 bits per heavy atom. The number of hydrogen-bond donors (Lipinski definition) is 0. The lowest BCUT2D eigenvalue weighted by atomic mass is 9.92. The Bertz CT molecular complexity index is 3480. The van der Waals surface area contributed by atoms with Gasteiger partial charge in [0.2, 0.25) is 0 Å². The molecule has 0 radical (unpaired) electrons. The Morgan fingerprint density at radius 3 is 1.34 bits per heavy atom. The van der Waals surface area contributed by atoms with E-state index in [4.69, 9.17) is 0 Å². The highest BCUT2D eigenvalue weighted by molar-refractivity contribution is 6.26. The van der Waals surface area contributed by atoms with E-state index >= 15 is 0 Å². The molecule has 0 spiro atoms. The average molecular weight is 711 g/mol. The van der Waals surface area contributed by atoms with Crippen LogP contribution in [0.5, 0.6) is 0 Å². The molecule has 0 bridgehead atoms. The third-order valence-corrected chi connectivity index (χ3v) is 11.9. The number of fused-ring (bicyclic) bond motifs is 13. The molecule has 0 aliphatic carbocycles. The van der Waals surface area contributed by atoms with Gasteiger partial charge in [0.05, 0.1) is 27.8 Å². The summed E-state index contributed by atoms with van der Waals surface area (Å²) in [5.74, 6) is 0. The Kier molecular flexibility index (Phi) is 6.66. The van der Waals surface area contributed by atoms with E-state index in [-0.39, 0.29) is 0 Å². The molecular formula is C54H34N2. The van der Waals surface area contributed by atoms with Crippen LogP contribution in [0.3, 0.4) is 0 Å². The van der Waals surface area contributed by atoms with Gasteiger partial charge in [0.15, 0.2) is 0 Å². The number of benzene rings is 10. The second kappa shape index (κ2) is 12.0. The van der Waals surface area contributed by atoms with Crippen molar-refractivity contribution in [1.82, 2.24) is 9.13 Å². The van der Waals surface area contributed by atoms with Crippen LogP contribution in [0, 0.1) is 0 Å². The van der Waals surface area contributed by atoms with Crippen molar-refractivity contribution in [3.8, 4) is 33.6 Å². The van der Waals surface area contributed by atoms with E-state index < -0.39 is 0 Å². The zero-order valence-electron chi connectivity index (χ0n) is 30.5. The molecule has 2 nitrogen and oxygen atoms in total. The summed E-state index contributed by atoms with van der Waals surface area (Å²) in [6.07, 6.45) is 0. The van der Waals surface area contributed by atoms with Crippen LogP contribution in [0.1, 0.15) is 0 Å². The second-order valence-electron chi connectivity index (χ2n) is 14.8. The van der Waals surface area contributed by atoms with Crippen LogP contribution in [-0.4, -0.2) is 9.13 Å². The highest BCUT2D eigenvalue weighted by atomic mass is 15.0. The maximum absolute atomic E-state index is 2.50. The van der Waals surface area contributed by atoms with Crippen molar-refractivity contribution < 1.29 is 0 Å². The molecule has 10 aromatic carbocycles. The smallest absolute Gasteiger partial charge is 0.0789 e. The van der Waals surface area contributed by atoms with Gasteiger partial charge in [-0.2, -0.15) is 0 Å². The number of hydrogen-bond acceptors (Lipinski definition) is 0. The lowest BCUT2D eigenvalue weighted by Gasteiger charge is -2.16. The van der Waals surface area contributed by atoms with Gasteiger partial charge in [-0.05, 0) is 85.4 Å².